The van der Waals surface area contributed by atoms with Gasteiger partial charge in [-0.15, -0.1) is 0 Å². The number of carbonyl (C=O) groups excluding carboxylic acids is 2. The average Bonchev–Trinajstić information content (AvgIpc) is 3.05. The van der Waals surface area contributed by atoms with E-state index in [4.69, 9.17) is 4.74 Å². The Morgan fingerprint density at radius 1 is 1.38 bits per heavy atom. The number of nitrogens with one attached hydrogen (secondary N) is 1. The zero-order chi connectivity index (χ0) is 21.6. The fourth-order valence-electron chi connectivity index (χ4n) is 2.59. The Morgan fingerprint density at radius 3 is 2.69 bits per heavy atom. The van der Waals surface area contributed by atoms with Crippen molar-refractivity contribution in [3.05, 3.63) is 30.2 Å². The van der Waals surface area contributed by atoms with Crippen molar-refractivity contribution in [2.75, 3.05) is 24.0 Å². The lowest BCUT2D eigenvalue weighted by Crippen LogP contribution is -2.49. The third kappa shape index (κ3) is 6.71. The van der Waals surface area contributed by atoms with Crippen molar-refractivity contribution in [1.29, 1.82) is 0 Å². The molecule has 0 saturated heterocycles. The first kappa shape index (κ1) is 23.2. The van der Waals surface area contributed by atoms with Crippen LogP contribution in [-0.2, 0) is 9.53 Å². The standard InChI is InChI=1S/C20H28N4O3S2/c1-13-18(29-16(22-13)14-8-7-10-21-12-14)24(5)17(25)15(9-11-28-6)23-19(26)27-20(2,3)4/h7-8,10,12,15H,9,11H2,1-6H3,(H,23,26)/t15-/m0/s1. The second-order valence-electron chi connectivity index (χ2n) is 7.53. The molecule has 2 aromatic heterocycles. The third-order valence-electron chi connectivity index (χ3n) is 3.92. The van der Waals surface area contributed by atoms with Crippen molar-refractivity contribution in [1.82, 2.24) is 15.3 Å². The van der Waals surface area contributed by atoms with Gasteiger partial charge in [-0.1, -0.05) is 11.3 Å². The number of hydrogen-bond acceptors (Lipinski definition) is 7. The lowest BCUT2D eigenvalue weighted by atomic mass is 10.2. The van der Waals surface area contributed by atoms with Crippen LogP contribution in [0.15, 0.2) is 24.5 Å². The molecule has 0 aromatic carbocycles. The number of aryl methyl sites for hydroxylation is 1. The number of thioether (sulfide) groups is 1. The molecule has 1 N–H and O–H groups in total. The Morgan fingerprint density at radius 2 is 2.10 bits per heavy atom. The van der Waals surface area contributed by atoms with Gasteiger partial charge in [-0.2, -0.15) is 11.8 Å². The average molecular weight is 437 g/mol. The fourth-order valence-corrected chi connectivity index (χ4v) is 4.09. The van der Waals surface area contributed by atoms with Crippen LogP contribution in [0.25, 0.3) is 10.6 Å². The fraction of sp³-hybridized carbons (Fsp3) is 0.500. The molecule has 0 saturated carbocycles. The summed E-state index contributed by atoms with van der Waals surface area (Å²) in [6.45, 7) is 7.24. The Kier molecular flexibility index (Phi) is 8.04. The number of pyridine rings is 1. The van der Waals surface area contributed by atoms with Crippen LogP contribution in [-0.4, -0.2) is 52.7 Å². The van der Waals surface area contributed by atoms with Crippen molar-refractivity contribution in [2.24, 2.45) is 0 Å². The maximum Gasteiger partial charge on any atom is 0.408 e. The quantitative estimate of drug-likeness (QED) is 0.703. The van der Waals surface area contributed by atoms with E-state index in [2.05, 4.69) is 15.3 Å². The third-order valence-corrected chi connectivity index (χ3v) is 5.84. The highest BCUT2D eigenvalue weighted by molar-refractivity contribution is 7.98. The first-order valence-electron chi connectivity index (χ1n) is 9.26. The zero-order valence-electron chi connectivity index (χ0n) is 17.7. The molecule has 0 aliphatic rings. The number of ether oxygens (including phenoxy) is 1. The molecule has 7 nitrogen and oxygen atoms in total. The summed E-state index contributed by atoms with van der Waals surface area (Å²) in [6, 6.07) is 3.11. The minimum atomic E-state index is -0.675. The molecule has 1 atom stereocenters. The summed E-state index contributed by atoms with van der Waals surface area (Å²) in [4.78, 5) is 35.7. The maximum absolute atomic E-state index is 13.2. The van der Waals surface area contributed by atoms with Gasteiger partial charge in [0.15, 0.2) is 0 Å². The van der Waals surface area contributed by atoms with E-state index in [1.807, 2.05) is 25.3 Å². The number of nitrogens with zero attached hydrogens (tertiary/aromatic N) is 3. The minimum Gasteiger partial charge on any atom is -0.444 e. The van der Waals surface area contributed by atoms with E-state index in [9.17, 15) is 9.59 Å². The first-order chi connectivity index (χ1) is 13.6. The summed E-state index contributed by atoms with van der Waals surface area (Å²) in [5.74, 6) is 0.539. The van der Waals surface area contributed by atoms with Crippen molar-refractivity contribution in [3.63, 3.8) is 0 Å². The lowest BCUT2D eigenvalue weighted by molar-refractivity contribution is -0.120. The van der Waals surface area contributed by atoms with E-state index in [1.165, 1.54) is 11.3 Å². The van der Waals surface area contributed by atoms with Gasteiger partial charge in [-0.3, -0.25) is 9.78 Å². The molecule has 0 unspecified atom stereocenters. The number of aromatic nitrogens is 2. The molecular formula is C20H28N4O3S2. The van der Waals surface area contributed by atoms with Crippen LogP contribution in [0.3, 0.4) is 0 Å². The Labute approximate surface area is 180 Å². The predicted octanol–water partition coefficient (Wildman–Crippen LogP) is 4.12. The van der Waals surface area contributed by atoms with Crippen LogP contribution in [0.5, 0.6) is 0 Å². The van der Waals surface area contributed by atoms with E-state index in [-0.39, 0.29) is 5.91 Å². The second-order valence-corrected chi connectivity index (χ2v) is 9.49. The number of hydrogen-bond donors (Lipinski definition) is 1. The van der Waals surface area contributed by atoms with Gasteiger partial charge >= 0.3 is 6.09 Å². The summed E-state index contributed by atoms with van der Waals surface area (Å²) >= 11 is 3.04. The van der Waals surface area contributed by atoms with E-state index in [1.54, 1.807) is 56.9 Å². The summed E-state index contributed by atoms with van der Waals surface area (Å²) in [7, 11) is 1.71. The van der Waals surface area contributed by atoms with Crippen LogP contribution < -0.4 is 10.2 Å². The highest BCUT2D eigenvalue weighted by Crippen LogP contribution is 2.33. The SMILES string of the molecule is CSCC[C@H](NC(=O)OC(C)(C)C)C(=O)N(C)c1sc(-c2cccnc2)nc1C. The Bertz CT molecular complexity index is 834. The number of rotatable bonds is 7. The van der Waals surface area contributed by atoms with E-state index >= 15 is 0 Å². The van der Waals surface area contributed by atoms with Gasteiger partial charge in [-0.05, 0) is 58.3 Å². The number of alkyl carbamates (subject to hydrolysis) is 1. The molecule has 0 aliphatic heterocycles. The Balaban J connectivity index is 2.19. The molecule has 0 spiro atoms. The summed E-state index contributed by atoms with van der Waals surface area (Å²) in [6.07, 6.45) is 5.33. The van der Waals surface area contributed by atoms with Crippen LogP contribution in [0.2, 0.25) is 0 Å². The van der Waals surface area contributed by atoms with Crippen molar-refractivity contribution in [3.8, 4) is 10.6 Å². The van der Waals surface area contributed by atoms with Gasteiger partial charge in [0.2, 0.25) is 5.91 Å². The van der Waals surface area contributed by atoms with Gasteiger partial charge in [0.25, 0.3) is 0 Å². The van der Waals surface area contributed by atoms with Crippen LogP contribution in [0.1, 0.15) is 32.9 Å². The molecule has 0 bridgehead atoms. The van der Waals surface area contributed by atoms with Crippen molar-refractivity contribution < 1.29 is 14.3 Å². The van der Waals surface area contributed by atoms with Crippen LogP contribution >= 0.6 is 23.1 Å². The minimum absolute atomic E-state index is 0.200. The molecule has 29 heavy (non-hydrogen) atoms. The number of amides is 2. The van der Waals surface area contributed by atoms with Gasteiger partial charge in [0.05, 0.1) is 5.69 Å². The molecule has 0 fully saturated rings. The molecule has 0 radical (unpaired) electrons. The molecule has 9 heteroatoms. The number of likely N-dealkylation sites (N-methyl/N-ethyl adjacent to an activating group) is 1. The van der Waals surface area contributed by atoms with Gasteiger partial charge < -0.3 is 15.0 Å². The van der Waals surface area contributed by atoms with Gasteiger partial charge in [0, 0.05) is 25.0 Å². The van der Waals surface area contributed by atoms with E-state index in [0.717, 1.165) is 27.0 Å². The highest BCUT2D eigenvalue weighted by Gasteiger charge is 2.28. The lowest BCUT2D eigenvalue weighted by Gasteiger charge is -2.26. The summed E-state index contributed by atoms with van der Waals surface area (Å²) < 4.78 is 5.33. The molecule has 2 aromatic rings. The van der Waals surface area contributed by atoms with Crippen LogP contribution in [0.4, 0.5) is 9.80 Å². The number of anilines is 1. The maximum atomic E-state index is 13.2. The molecule has 2 amide bonds. The molecule has 2 rings (SSSR count). The largest absolute Gasteiger partial charge is 0.444 e. The van der Waals surface area contributed by atoms with E-state index < -0.39 is 17.7 Å². The molecular weight excluding hydrogens is 408 g/mol. The van der Waals surface area contributed by atoms with Crippen molar-refractivity contribution in [2.45, 2.75) is 45.8 Å². The second kappa shape index (κ2) is 10.1. The zero-order valence-corrected chi connectivity index (χ0v) is 19.3. The summed E-state index contributed by atoms with van der Waals surface area (Å²) in [5, 5.41) is 4.27. The van der Waals surface area contributed by atoms with E-state index in [0.29, 0.717) is 6.42 Å². The predicted molar refractivity (Wildman–Crippen MR) is 120 cm³/mol. The molecule has 0 aliphatic carbocycles. The molecule has 2 heterocycles. The first-order valence-corrected chi connectivity index (χ1v) is 11.5. The van der Waals surface area contributed by atoms with Gasteiger partial charge in [0.1, 0.15) is 21.7 Å². The Hall–Kier alpha value is -2.13. The number of carbonyl (C=O) groups is 2. The van der Waals surface area contributed by atoms with Crippen LogP contribution in [0, 0.1) is 6.92 Å². The van der Waals surface area contributed by atoms with Gasteiger partial charge in [-0.25, -0.2) is 9.78 Å². The highest BCUT2D eigenvalue weighted by atomic mass is 32.2. The summed E-state index contributed by atoms with van der Waals surface area (Å²) in [5.41, 5.74) is 1.03. The topological polar surface area (TPSA) is 84.4 Å². The normalized spacial score (nSPS) is 12.3. The monoisotopic (exact) mass is 436 g/mol. The smallest absolute Gasteiger partial charge is 0.408 e. The van der Waals surface area contributed by atoms with Crippen molar-refractivity contribution >= 4 is 40.1 Å². The number of thiazole rings is 1. The molecule has 158 valence electrons.